The Kier molecular flexibility index (Phi) is 9.00. The summed E-state index contributed by atoms with van der Waals surface area (Å²) >= 11 is 1.84. The van der Waals surface area contributed by atoms with Crippen molar-refractivity contribution in [2.24, 2.45) is 0 Å². The van der Waals surface area contributed by atoms with Gasteiger partial charge in [0, 0.05) is 53.2 Å². The third-order valence-corrected chi connectivity index (χ3v) is 14.0. The quantitative estimate of drug-likeness (QED) is 0.160. The van der Waals surface area contributed by atoms with Crippen LogP contribution in [0, 0.1) is 0 Å². The van der Waals surface area contributed by atoms with Gasteiger partial charge < -0.3 is 4.57 Å². The number of hydrogen-bond acceptors (Lipinski definition) is 4. The van der Waals surface area contributed by atoms with E-state index < -0.39 is 0 Å². The van der Waals surface area contributed by atoms with Gasteiger partial charge in [0.15, 0.2) is 17.5 Å². The Morgan fingerprint density at radius 1 is 0.288 bits per heavy atom. The molecule has 308 valence electrons. The molecule has 0 saturated heterocycles. The maximum atomic E-state index is 5.40. The smallest absolute Gasteiger partial charge is 0.164 e. The molecule has 0 radical (unpaired) electrons. The van der Waals surface area contributed by atoms with Crippen LogP contribution in [0.5, 0.6) is 0 Å². The molecule has 0 aliphatic rings. The molecule has 13 rings (SSSR count). The second-order valence-corrected chi connectivity index (χ2v) is 17.8. The van der Waals surface area contributed by atoms with Crippen LogP contribution in [0.15, 0.2) is 231 Å². The second kappa shape index (κ2) is 15.6. The minimum absolute atomic E-state index is 0.602. The molecule has 66 heavy (non-hydrogen) atoms. The molecular formula is C61H38N4S. The van der Waals surface area contributed by atoms with Gasteiger partial charge in [0.05, 0.1) is 16.7 Å². The van der Waals surface area contributed by atoms with Crippen molar-refractivity contribution in [3.8, 4) is 73.2 Å². The summed E-state index contributed by atoms with van der Waals surface area (Å²) in [7, 11) is 0. The summed E-state index contributed by atoms with van der Waals surface area (Å²) in [4.78, 5) is 16.1. The van der Waals surface area contributed by atoms with Crippen LogP contribution in [0.1, 0.15) is 0 Å². The SMILES string of the molecule is c1ccc(-c2ccccc2-c2nc(-c3ccc(-n4c5ccccc5c5cc6ccccc6cc54)c(-c4ccc5c(c4)sc4ccccc45)c3)nc(-c3ccccc3-c3ccccc3)n2)cc1. The van der Waals surface area contributed by atoms with E-state index in [2.05, 4.69) is 223 Å². The Morgan fingerprint density at radius 3 is 1.52 bits per heavy atom. The van der Waals surface area contributed by atoms with Crippen LogP contribution in [0.3, 0.4) is 0 Å². The number of benzene rings is 10. The predicted octanol–water partition coefficient (Wildman–Crippen LogP) is 16.5. The first-order valence-corrected chi connectivity index (χ1v) is 23.1. The van der Waals surface area contributed by atoms with Gasteiger partial charge in [-0.05, 0) is 87.1 Å². The Balaban J connectivity index is 1.09. The van der Waals surface area contributed by atoms with Crippen molar-refractivity contribution in [3.63, 3.8) is 0 Å². The maximum absolute atomic E-state index is 5.40. The second-order valence-electron chi connectivity index (χ2n) is 16.7. The number of thiophene rings is 1. The van der Waals surface area contributed by atoms with E-state index in [0.717, 1.165) is 66.8 Å². The number of nitrogens with zero attached hydrogens (tertiary/aromatic N) is 4. The molecule has 0 bridgehead atoms. The largest absolute Gasteiger partial charge is 0.309 e. The highest BCUT2D eigenvalue weighted by atomic mass is 32.1. The third kappa shape index (κ3) is 6.40. The maximum Gasteiger partial charge on any atom is 0.164 e. The lowest BCUT2D eigenvalue weighted by atomic mass is 9.97. The van der Waals surface area contributed by atoms with Gasteiger partial charge in [-0.1, -0.05) is 182 Å². The number of hydrogen-bond donors (Lipinski definition) is 0. The average Bonchev–Trinajstić information content (AvgIpc) is 3.93. The molecule has 0 saturated carbocycles. The molecule has 5 heteroatoms. The summed E-state index contributed by atoms with van der Waals surface area (Å²) < 4.78 is 4.98. The normalized spacial score (nSPS) is 11.6. The number of fused-ring (bicyclic) bond motifs is 7. The highest BCUT2D eigenvalue weighted by molar-refractivity contribution is 7.25. The van der Waals surface area contributed by atoms with Crippen molar-refractivity contribution in [2.75, 3.05) is 0 Å². The predicted molar refractivity (Wildman–Crippen MR) is 277 cm³/mol. The van der Waals surface area contributed by atoms with Crippen molar-refractivity contribution in [1.29, 1.82) is 0 Å². The van der Waals surface area contributed by atoms with E-state index in [1.54, 1.807) is 0 Å². The van der Waals surface area contributed by atoms with Gasteiger partial charge in [-0.25, -0.2) is 15.0 Å². The van der Waals surface area contributed by atoms with E-state index >= 15 is 0 Å². The standard InChI is InChI=1S/C61H38N4S/c1-3-17-39(18-4-1)45-23-9-11-27-50(45)60-62-59(63-61(64-60)51-28-12-10-24-46(51)40-19-5-2-6-20-40)44-32-34-55(52(36-44)43-31-33-49-48-26-14-16-30-57(48)66-58(49)38-43)65-54-29-15-13-25-47(54)53-35-41-21-7-8-22-42(41)37-56(53)65/h1-38H. The highest BCUT2D eigenvalue weighted by Gasteiger charge is 2.22. The Labute approximate surface area is 385 Å². The van der Waals surface area contributed by atoms with E-state index in [9.17, 15) is 0 Å². The fourth-order valence-corrected chi connectivity index (χ4v) is 10.9. The first kappa shape index (κ1) is 38.0. The highest BCUT2D eigenvalue weighted by Crippen LogP contribution is 2.43. The molecule has 4 nitrogen and oxygen atoms in total. The van der Waals surface area contributed by atoms with Crippen LogP contribution < -0.4 is 0 Å². The molecule has 3 aromatic heterocycles. The van der Waals surface area contributed by atoms with Crippen LogP contribution in [0.4, 0.5) is 0 Å². The molecule has 0 aliphatic heterocycles. The van der Waals surface area contributed by atoms with Crippen molar-refractivity contribution >= 4 is 64.1 Å². The third-order valence-electron chi connectivity index (χ3n) is 12.9. The van der Waals surface area contributed by atoms with Crippen molar-refractivity contribution in [2.45, 2.75) is 0 Å². The van der Waals surface area contributed by atoms with Gasteiger partial charge in [0.2, 0.25) is 0 Å². The van der Waals surface area contributed by atoms with Gasteiger partial charge >= 0.3 is 0 Å². The van der Waals surface area contributed by atoms with Crippen LogP contribution in [-0.4, -0.2) is 19.5 Å². The van der Waals surface area contributed by atoms with Gasteiger partial charge in [0.1, 0.15) is 0 Å². The summed E-state index contributed by atoms with van der Waals surface area (Å²) in [6.45, 7) is 0. The molecule has 0 spiro atoms. The molecule has 13 aromatic rings. The molecule has 0 N–H and O–H groups in total. The fraction of sp³-hybridized carbons (Fsp3) is 0. The van der Waals surface area contributed by atoms with Crippen molar-refractivity contribution < 1.29 is 0 Å². The van der Waals surface area contributed by atoms with Crippen LogP contribution in [-0.2, 0) is 0 Å². The average molecular weight is 859 g/mol. The van der Waals surface area contributed by atoms with E-state index in [4.69, 9.17) is 15.0 Å². The zero-order valence-electron chi connectivity index (χ0n) is 35.6. The Bertz CT molecular complexity index is 3900. The zero-order chi connectivity index (χ0) is 43.6. The molecular weight excluding hydrogens is 821 g/mol. The lowest BCUT2D eigenvalue weighted by molar-refractivity contribution is 1.07. The summed E-state index contributed by atoms with van der Waals surface area (Å²) in [6.07, 6.45) is 0. The van der Waals surface area contributed by atoms with E-state index in [1.807, 2.05) is 23.5 Å². The fourth-order valence-electron chi connectivity index (χ4n) is 9.75. The van der Waals surface area contributed by atoms with Crippen molar-refractivity contribution in [3.05, 3.63) is 231 Å². The summed E-state index contributed by atoms with van der Waals surface area (Å²) in [5, 5.41) is 7.42. The van der Waals surface area contributed by atoms with E-state index in [-0.39, 0.29) is 0 Å². The van der Waals surface area contributed by atoms with Gasteiger partial charge in [0.25, 0.3) is 0 Å². The van der Waals surface area contributed by atoms with Gasteiger partial charge in [-0.15, -0.1) is 11.3 Å². The summed E-state index contributed by atoms with van der Waals surface area (Å²) in [5.74, 6) is 1.83. The minimum atomic E-state index is 0.602. The number of rotatable bonds is 7. The lowest BCUT2D eigenvalue weighted by Gasteiger charge is -2.17. The Morgan fingerprint density at radius 2 is 0.818 bits per heavy atom. The monoisotopic (exact) mass is 858 g/mol. The lowest BCUT2D eigenvalue weighted by Crippen LogP contribution is -2.03. The first-order chi connectivity index (χ1) is 32.7. The summed E-state index contributed by atoms with van der Waals surface area (Å²) in [6, 6.07) is 82.3. The topological polar surface area (TPSA) is 43.6 Å². The minimum Gasteiger partial charge on any atom is -0.309 e. The van der Waals surface area contributed by atoms with Gasteiger partial charge in [-0.2, -0.15) is 0 Å². The molecule has 0 amide bonds. The van der Waals surface area contributed by atoms with Crippen LogP contribution in [0.2, 0.25) is 0 Å². The zero-order valence-corrected chi connectivity index (χ0v) is 36.5. The van der Waals surface area contributed by atoms with E-state index in [0.29, 0.717) is 17.5 Å². The molecule has 0 fully saturated rings. The first-order valence-electron chi connectivity index (χ1n) is 22.3. The van der Waals surface area contributed by atoms with E-state index in [1.165, 1.54) is 41.7 Å². The molecule has 0 unspecified atom stereocenters. The number of para-hydroxylation sites is 1. The van der Waals surface area contributed by atoms with Crippen molar-refractivity contribution in [1.82, 2.24) is 19.5 Å². The van der Waals surface area contributed by atoms with Crippen LogP contribution >= 0.6 is 11.3 Å². The number of aromatic nitrogens is 4. The van der Waals surface area contributed by atoms with Gasteiger partial charge in [-0.3, -0.25) is 0 Å². The Hall–Kier alpha value is -8.51. The molecule has 0 aliphatic carbocycles. The molecule has 0 atom stereocenters. The molecule has 10 aromatic carbocycles. The summed E-state index contributed by atoms with van der Waals surface area (Å²) in [5.41, 5.74) is 12.7. The molecule has 3 heterocycles. The van der Waals surface area contributed by atoms with Crippen LogP contribution in [0.25, 0.3) is 126 Å².